The summed E-state index contributed by atoms with van der Waals surface area (Å²) in [6.45, 7) is 3.13. The average Bonchev–Trinajstić information content (AvgIpc) is 1.98. The molecule has 1 saturated carbocycles. The summed E-state index contributed by atoms with van der Waals surface area (Å²) in [4.78, 5) is 22.6. The molecule has 0 radical (unpaired) electrons. The van der Waals surface area contributed by atoms with E-state index in [1.165, 1.54) is 0 Å². The van der Waals surface area contributed by atoms with E-state index in [-0.39, 0.29) is 5.91 Å². The van der Waals surface area contributed by atoms with Crippen LogP contribution < -0.4 is 16.8 Å². The molecule has 0 aromatic rings. The summed E-state index contributed by atoms with van der Waals surface area (Å²) >= 11 is 0. The molecule has 0 aromatic heterocycles. The molecule has 80 valence electrons. The second-order valence-electron chi connectivity index (χ2n) is 4.45. The van der Waals surface area contributed by atoms with Crippen molar-refractivity contribution in [2.24, 2.45) is 11.5 Å². The topological polar surface area (TPSA) is 98.2 Å². The van der Waals surface area contributed by atoms with Gasteiger partial charge >= 0.3 is 0 Å². The van der Waals surface area contributed by atoms with Gasteiger partial charge in [-0.3, -0.25) is 9.59 Å². The average molecular weight is 199 g/mol. The van der Waals surface area contributed by atoms with E-state index in [0.29, 0.717) is 12.8 Å². The van der Waals surface area contributed by atoms with Gasteiger partial charge in [0.25, 0.3) is 0 Å². The molecule has 1 fully saturated rings. The molecule has 5 N–H and O–H groups in total. The fraction of sp³-hybridized carbons (Fsp3) is 0.778. The van der Waals surface area contributed by atoms with E-state index in [1.54, 1.807) is 13.8 Å². The lowest BCUT2D eigenvalue weighted by atomic mass is 9.76. The van der Waals surface area contributed by atoms with Gasteiger partial charge in [0.15, 0.2) is 0 Å². The van der Waals surface area contributed by atoms with Gasteiger partial charge in [0.2, 0.25) is 11.8 Å². The van der Waals surface area contributed by atoms with Crippen molar-refractivity contribution >= 4 is 11.8 Å². The third-order valence-corrected chi connectivity index (χ3v) is 2.74. The zero-order valence-electron chi connectivity index (χ0n) is 8.59. The molecule has 0 spiro atoms. The SMILES string of the molecule is CC(C)(NC(=O)C1(N)CCC1)C(N)=O. The number of carbonyl (C=O) groups excluding carboxylic acids is 2. The quantitative estimate of drug-likeness (QED) is 0.557. The van der Waals surface area contributed by atoms with Crippen molar-refractivity contribution in [3.8, 4) is 0 Å². The van der Waals surface area contributed by atoms with Gasteiger partial charge in [0.05, 0.1) is 5.54 Å². The molecule has 1 aliphatic rings. The normalized spacial score (nSPS) is 19.6. The van der Waals surface area contributed by atoms with E-state index in [0.717, 1.165) is 6.42 Å². The van der Waals surface area contributed by atoms with E-state index in [1.807, 2.05) is 0 Å². The summed E-state index contributed by atoms with van der Waals surface area (Å²) in [5.74, 6) is -0.846. The second kappa shape index (κ2) is 3.24. The minimum atomic E-state index is -1.03. The first-order valence-electron chi connectivity index (χ1n) is 4.69. The molecule has 5 heteroatoms. The maximum absolute atomic E-state index is 11.6. The van der Waals surface area contributed by atoms with Gasteiger partial charge in [-0.15, -0.1) is 0 Å². The second-order valence-corrected chi connectivity index (χ2v) is 4.45. The van der Waals surface area contributed by atoms with E-state index in [2.05, 4.69) is 5.32 Å². The Morgan fingerprint density at radius 3 is 2.14 bits per heavy atom. The van der Waals surface area contributed by atoms with Gasteiger partial charge in [0.1, 0.15) is 5.54 Å². The van der Waals surface area contributed by atoms with Crippen LogP contribution in [0.4, 0.5) is 0 Å². The van der Waals surface area contributed by atoms with Gasteiger partial charge in [-0.05, 0) is 33.1 Å². The van der Waals surface area contributed by atoms with Crippen molar-refractivity contribution in [2.45, 2.75) is 44.2 Å². The lowest BCUT2D eigenvalue weighted by Gasteiger charge is -2.38. The predicted octanol–water partition coefficient (Wildman–Crippen LogP) is -0.752. The zero-order chi connectivity index (χ0) is 11.0. The Hall–Kier alpha value is -1.10. The Bertz CT molecular complexity index is 269. The van der Waals surface area contributed by atoms with Crippen LogP contribution in [-0.2, 0) is 9.59 Å². The number of hydrogen-bond donors (Lipinski definition) is 3. The summed E-state index contributed by atoms with van der Waals surface area (Å²) in [7, 11) is 0. The molecule has 14 heavy (non-hydrogen) atoms. The van der Waals surface area contributed by atoms with Crippen LogP contribution in [0.25, 0.3) is 0 Å². The fourth-order valence-electron chi connectivity index (χ4n) is 1.25. The van der Waals surface area contributed by atoms with Crippen LogP contribution in [-0.4, -0.2) is 22.9 Å². The van der Waals surface area contributed by atoms with Crippen LogP contribution in [0.5, 0.6) is 0 Å². The summed E-state index contributed by atoms with van der Waals surface area (Å²) in [6.07, 6.45) is 2.31. The van der Waals surface area contributed by atoms with E-state index >= 15 is 0 Å². The van der Waals surface area contributed by atoms with Crippen LogP contribution in [0.15, 0.2) is 0 Å². The summed E-state index contributed by atoms with van der Waals surface area (Å²) in [5.41, 5.74) is 9.10. The molecule has 1 rings (SSSR count). The minimum Gasteiger partial charge on any atom is -0.368 e. The molecule has 0 saturated heterocycles. The number of amides is 2. The molecule has 2 amide bonds. The van der Waals surface area contributed by atoms with Crippen molar-refractivity contribution < 1.29 is 9.59 Å². The molecular weight excluding hydrogens is 182 g/mol. The van der Waals surface area contributed by atoms with E-state index in [4.69, 9.17) is 11.5 Å². The maximum Gasteiger partial charge on any atom is 0.242 e. The van der Waals surface area contributed by atoms with Crippen LogP contribution in [0, 0.1) is 0 Å². The third-order valence-electron chi connectivity index (χ3n) is 2.74. The summed E-state index contributed by atoms with van der Waals surface area (Å²) in [5, 5.41) is 2.56. The third kappa shape index (κ3) is 1.87. The Labute approximate surface area is 83.2 Å². The van der Waals surface area contributed by atoms with Gasteiger partial charge in [-0.25, -0.2) is 0 Å². The van der Waals surface area contributed by atoms with Crippen LogP contribution in [0.2, 0.25) is 0 Å². The zero-order valence-corrected chi connectivity index (χ0v) is 8.59. The van der Waals surface area contributed by atoms with Crippen molar-refractivity contribution in [3.63, 3.8) is 0 Å². The monoisotopic (exact) mass is 199 g/mol. The number of primary amides is 1. The molecule has 0 aliphatic heterocycles. The summed E-state index contributed by atoms with van der Waals surface area (Å²) in [6, 6.07) is 0. The maximum atomic E-state index is 11.6. The van der Waals surface area contributed by atoms with Crippen molar-refractivity contribution in [3.05, 3.63) is 0 Å². The van der Waals surface area contributed by atoms with E-state index < -0.39 is 17.0 Å². The highest BCUT2D eigenvalue weighted by Gasteiger charge is 2.42. The molecule has 1 aliphatic carbocycles. The fourth-order valence-corrected chi connectivity index (χ4v) is 1.25. The van der Waals surface area contributed by atoms with E-state index in [9.17, 15) is 9.59 Å². The van der Waals surface area contributed by atoms with Crippen molar-refractivity contribution in [1.82, 2.24) is 5.32 Å². The highest BCUT2D eigenvalue weighted by Crippen LogP contribution is 2.29. The molecular formula is C9H17N3O2. The lowest BCUT2D eigenvalue weighted by molar-refractivity contribution is -0.135. The predicted molar refractivity (Wildman–Crippen MR) is 52.2 cm³/mol. The number of nitrogens with one attached hydrogen (secondary N) is 1. The first-order valence-corrected chi connectivity index (χ1v) is 4.69. The summed E-state index contributed by atoms with van der Waals surface area (Å²) < 4.78 is 0. The number of hydrogen-bond acceptors (Lipinski definition) is 3. The Morgan fingerprint density at radius 1 is 1.36 bits per heavy atom. The highest BCUT2D eigenvalue weighted by molar-refractivity contribution is 5.93. The Morgan fingerprint density at radius 2 is 1.86 bits per heavy atom. The van der Waals surface area contributed by atoms with Gasteiger partial charge < -0.3 is 16.8 Å². The number of carbonyl (C=O) groups is 2. The molecule has 0 heterocycles. The van der Waals surface area contributed by atoms with Crippen molar-refractivity contribution in [1.29, 1.82) is 0 Å². The standard InChI is InChI=1S/C9H17N3O2/c1-8(2,6(10)13)12-7(14)9(11)4-3-5-9/h3-5,11H2,1-2H3,(H2,10,13)(H,12,14). The van der Waals surface area contributed by atoms with Crippen LogP contribution in [0.3, 0.4) is 0 Å². The first kappa shape index (κ1) is 11.0. The molecule has 5 nitrogen and oxygen atoms in total. The van der Waals surface area contributed by atoms with Crippen molar-refractivity contribution in [2.75, 3.05) is 0 Å². The van der Waals surface area contributed by atoms with Crippen LogP contribution in [0.1, 0.15) is 33.1 Å². The Balaban J connectivity index is 2.60. The molecule has 0 aromatic carbocycles. The van der Waals surface area contributed by atoms with Gasteiger partial charge in [0, 0.05) is 0 Å². The largest absolute Gasteiger partial charge is 0.368 e. The smallest absolute Gasteiger partial charge is 0.242 e. The van der Waals surface area contributed by atoms with Gasteiger partial charge in [-0.2, -0.15) is 0 Å². The molecule has 0 bridgehead atoms. The number of rotatable bonds is 3. The Kier molecular flexibility index (Phi) is 2.54. The van der Waals surface area contributed by atoms with Crippen LogP contribution >= 0.6 is 0 Å². The first-order chi connectivity index (χ1) is 6.28. The minimum absolute atomic E-state index is 0.285. The van der Waals surface area contributed by atoms with Gasteiger partial charge in [-0.1, -0.05) is 0 Å². The molecule has 0 atom stereocenters. The molecule has 0 unspecified atom stereocenters. The number of nitrogens with two attached hydrogens (primary N) is 2. The lowest BCUT2D eigenvalue weighted by Crippen LogP contribution is -2.64. The highest BCUT2D eigenvalue weighted by atomic mass is 16.2.